The molecule has 0 aliphatic carbocycles. The first kappa shape index (κ1) is 90.1. The zero-order valence-electron chi connectivity index (χ0n) is 60.2. The summed E-state index contributed by atoms with van der Waals surface area (Å²) in [5.74, 6) is 0.841. The fraction of sp³-hybridized carbons (Fsp3) is 0.945. The highest BCUT2D eigenvalue weighted by Gasteiger charge is 2.30. The Balaban J connectivity index is 5.15. The molecular weight excluding hydrogens is 1210 g/mol. The lowest BCUT2D eigenvalue weighted by atomic mass is 9.99. The summed E-state index contributed by atoms with van der Waals surface area (Å²) in [7, 11) is -9.90. The van der Waals surface area contributed by atoms with Gasteiger partial charge in [0.2, 0.25) is 0 Å². The van der Waals surface area contributed by atoms with Crippen LogP contribution in [-0.2, 0) is 65.4 Å². The van der Waals surface area contributed by atoms with E-state index < -0.39 is 97.5 Å². The predicted octanol–water partition coefficient (Wildman–Crippen LogP) is 20.9. The quantitative estimate of drug-likeness (QED) is 0.0222. The van der Waals surface area contributed by atoms with Gasteiger partial charge in [-0.05, 0) is 49.4 Å². The van der Waals surface area contributed by atoms with Crippen molar-refractivity contribution in [1.29, 1.82) is 0 Å². The fourth-order valence-corrected chi connectivity index (χ4v) is 12.6. The molecular formula is C73H142O17P2. The molecule has 0 aromatic carbocycles. The Kier molecular flexibility index (Phi) is 61.3. The average molecular weight is 1350 g/mol. The molecule has 19 heteroatoms. The molecule has 0 rings (SSSR count). The van der Waals surface area contributed by atoms with E-state index in [1.165, 1.54) is 161 Å². The summed E-state index contributed by atoms with van der Waals surface area (Å²) < 4.78 is 68.3. The molecule has 6 atom stereocenters. The van der Waals surface area contributed by atoms with Gasteiger partial charge in [0.25, 0.3) is 0 Å². The van der Waals surface area contributed by atoms with Crippen molar-refractivity contribution in [1.82, 2.24) is 0 Å². The van der Waals surface area contributed by atoms with Crippen LogP contribution in [0.2, 0.25) is 0 Å². The Morgan fingerprint density at radius 3 is 0.772 bits per heavy atom. The van der Waals surface area contributed by atoms with Crippen molar-refractivity contribution < 1.29 is 80.2 Å². The van der Waals surface area contributed by atoms with Crippen LogP contribution in [0.4, 0.5) is 0 Å². The van der Waals surface area contributed by atoms with Crippen LogP contribution in [0.1, 0.15) is 364 Å². The lowest BCUT2D eigenvalue weighted by Crippen LogP contribution is -2.30. The third-order valence-electron chi connectivity index (χ3n) is 17.2. The number of unbranched alkanes of at least 4 members (excludes halogenated alkanes) is 35. The molecule has 0 amide bonds. The molecule has 0 aromatic rings. The Labute approximate surface area is 562 Å². The number of esters is 4. The minimum Gasteiger partial charge on any atom is -0.462 e. The molecule has 0 spiro atoms. The Morgan fingerprint density at radius 2 is 0.522 bits per heavy atom. The summed E-state index contributed by atoms with van der Waals surface area (Å²) in [5.41, 5.74) is 0. The summed E-state index contributed by atoms with van der Waals surface area (Å²) in [4.78, 5) is 72.5. The molecule has 92 heavy (non-hydrogen) atoms. The van der Waals surface area contributed by atoms with Gasteiger partial charge in [0, 0.05) is 25.7 Å². The molecule has 3 unspecified atom stereocenters. The predicted molar refractivity (Wildman–Crippen MR) is 372 cm³/mol. The van der Waals surface area contributed by atoms with E-state index in [1.54, 1.807) is 0 Å². The summed E-state index contributed by atoms with van der Waals surface area (Å²) in [5, 5.41) is 10.6. The van der Waals surface area contributed by atoms with E-state index in [2.05, 4.69) is 55.4 Å². The molecule has 0 aromatic heterocycles. The van der Waals surface area contributed by atoms with Gasteiger partial charge in [0.15, 0.2) is 12.2 Å². The van der Waals surface area contributed by atoms with Gasteiger partial charge in [-0.2, -0.15) is 0 Å². The molecule has 3 N–H and O–H groups in total. The second-order valence-corrected chi connectivity index (χ2v) is 30.9. The van der Waals surface area contributed by atoms with Gasteiger partial charge in [-0.3, -0.25) is 37.3 Å². The van der Waals surface area contributed by atoms with Gasteiger partial charge in [-0.25, -0.2) is 9.13 Å². The number of hydrogen-bond acceptors (Lipinski definition) is 15. The molecule has 0 bridgehead atoms. The minimum absolute atomic E-state index is 0.102. The number of aliphatic hydroxyl groups is 1. The van der Waals surface area contributed by atoms with E-state index in [-0.39, 0.29) is 25.7 Å². The van der Waals surface area contributed by atoms with E-state index in [1.807, 2.05) is 0 Å². The van der Waals surface area contributed by atoms with Gasteiger partial charge < -0.3 is 33.8 Å². The Hall–Kier alpha value is -1.94. The Bertz CT molecular complexity index is 1820. The number of ether oxygens (including phenoxy) is 4. The summed E-state index contributed by atoms with van der Waals surface area (Å²) in [6, 6.07) is 0. The summed E-state index contributed by atoms with van der Waals surface area (Å²) >= 11 is 0. The average Bonchev–Trinajstić information content (AvgIpc) is 2.36. The molecule has 0 radical (unpaired) electrons. The smallest absolute Gasteiger partial charge is 0.462 e. The number of carbonyl (C=O) groups is 4. The molecule has 0 aliphatic rings. The Morgan fingerprint density at radius 1 is 0.304 bits per heavy atom. The highest BCUT2D eigenvalue weighted by atomic mass is 31.2. The zero-order valence-corrected chi connectivity index (χ0v) is 62.0. The number of phosphoric acid groups is 2. The molecule has 0 fully saturated rings. The van der Waals surface area contributed by atoms with Crippen LogP contribution in [0.3, 0.4) is 0 Å². The molecule has 0 saturated carbocycles. The zero-order chi connectivity index (χ0) is 68.2. The molecule has 546 valence electrons. The van der Waals surface area contributed by atoms with Crippen molar-refractivity contribution in [3.8, 4) is 0 Å². The standard InChI is InChI=1S/C73H142O17P2/c1-9-66(8)52-44-36-27-20-18-16-14-12-10-11-13-15-17-19-21-29-39-47-55-72(77)89-68(59-83-70(75)53-45-37-28-23-22-25-33-41-49-63(2)3)61-87-91(79,80)85-57-67(74)58-86-92(81,82)88-62-69(60-84-71(76)54-46-38-32-31-35-43-51-65(6)7)90-73(78)56-48-40-30-24-26-34-42-50-64(4)5/h63-69,74H,9-62H2,1-8H3,(H,79,80)(H,81,82)/t66?,67-,68-,69-/m1/s1. The number of rotatable bonds is 70. The lowest BCUT2D eigenvalue weighted by molar-refractivity contribution is -0.161. The van der Waals surface area contributed by atoms with Crippen LogP contribution in [0, 0.1) is 23.7 Å². The van der Waals surface area contributed by atoms with Gasteiger partial charge in [-0.1, -0.05) is 312 Å². The highest BCUT2D eigenvalue weighted by molar-refractivity contribution is 7.47. The van der Waals surface area contributed by atoms with Crippen LogP contribution in [0.15, 0.2) is 0 Å². The topological polar surface area (TPSA) is 237 Å². The van der Waals surface area contributed by atoms with E-state index in [0.29, 0.717) is 37.5 Å². The monoisotopic (exact) mass is 1350 g/mol. The van der Waals surface area contributed by atoms with Gasteiger partial charge in [0.05, 0.1) is 26.4 Å². The van der Waals surface area contributed by atoms with E-state index in [4.69, 9.17) is 37.0 Å². The molecule has 0 saturated heterocycles. The number of hydrogen-bond donors (Lipinski definition) is 3. The summed E-state index contributed by atoms with van der Waals surface area (Å²) in [6.45, 7) is 14.0. The first-order chi connectivity index (χ1) is 44.1. The van der Waals surface area contributed by atoms with Crippen molar-refractivity contribution in [2.45, 2.75) is 382 Å². The summed E-state index contributed by atoms with van der Waals surface area (Å²) in [6.07, 6.45) is 46.3. The van der Waals surface area contributed by atoms with Crippen molar-refractivity contribution in [2.75, 3.05) is 39.6 Å². The van der Waals surface area contributed by atoms with Crippen molar-refractivity contribution in [3.05, 3.63) is 0 Å². The van der Waals surface area contributed by atoms with Crippen molar-refractivity contribution in [3.63, 3.8) is 0 Å². The number of carbonyl (C=O) groups excluding carboxylic acids is 4. The number of phosphoric ester groups is 2. The first-order valence-corrected chi connectivity index (χ1v) is 40.7. The van der Waals surface area contributed by atoms with E-state index >= 15 is 0 Å². The van der Waals surface area contributed by atoms with E-state index in [0.717, 1.165) is 108 Å². The van der Waals surface area contributed by atoms with Crippen LogP contribution >= 0.6 is 15.6 Å². The minimum atomic E-state index is -4.95. The SMILES string of the molecule is CCC(C)CCCCCCCCCCCCCCCCCCCCC(=O)O[C@H](COC(=O)CCCCCCCCCCC(C)C)COP(=O)(O)OC[C@@H](O)COP(=O)(O)OC[C@@H](COC(=O)CCCCCCCCC(C)C)OC(=O)CCCCCCCCCC(C)C. The molecule has 0 aliphatic heterocycles. The maximum Gasteiger partial charge on any atom is 0.472 e. The van der Waals surface area contributed by atoms with Gasteiger partial charge in [0.1, 0.15) is 19.3 Å². The first-order valence-electron chi connectivity index (χ1n) is 37.7. The second-order valence-electron chi connectivity index (χ2n) is 28.0. The fourth-order valence-electron chi connectivity index (χ4n) is 11.0. The number of aliphatic hydroxyl groups excluding tert-OH is 1. The lowest BCUT2D eigenvalue weighted by Gasteiger charge is -2.21. The van der Waals surface area contributed by atoms with Crippen LogP contribution < -0.4 is 0 Å². The van der Waals surface area contributed by atoms with Crippen LogP contribution in [0.5, 0.6) is 0 Å². The van der Waals surface area contributed by atoms with Gasteiger partial charge >= 0.3 is 39.5 Å². The third kappa shape index (κ3) is 65.4. The van der Waals surface area contributed by atoms with Gasteiger partial charge in [-0.15, -0.1) is 0 Å². The van der Waals surface area contributed by atoms with Crippen LogP contribution in [0.25, 0.3) is 0 Å². The largest absolute Gasteiger partial charge is 0.472 e. The second kappa shape index (κ2) is 62.6. The van der Waals surface area contributed by atoms with Crippen molar-refractivity contribution in [2.24, 2.45) is 23.7 Å². The maximum absolute atomic E-state index is 13.0. The molecule has 0 heterocycles. The highest BCUT2D eigenvalue weighted by Crippen LogP contribution is 2.45. The van der Waals surface area contributed by atoms with E-state index in [9.17, 15) is 43.2 Å². The third-order valence-corrected chi connectivity index (χ3v) is 19.1. The normalized spacial score (nSPS) is 14.5. The van der Waals surface area contributed by atoms with Crippen molar-refractivity contribution >= 4 is 39.5 Å². The van der Waals surface area contributed by atoms with Crippen LogP contribution in [-0.4, -0.2) is 96.7 Å². The molecule has 17 nitrogen and oxygen atoms in total. The maximum atomic E-state index is 13.0.